The molecule has 0 bridgehead atoms. The zero-order chi connectivity index (χ0) is 14.8. The van der Waals surface area contributed by atoms with Crippen molar-refractivity contribution in [3.8, 4) is 5.75 Å². The predicted octanol–water partition coefficient (Wildman–Crippen LogP) is 1.61. The first-order chi connectivity index (χ1) is 9.42. The Morgan fingerprint density at radius 2 is 2.05 bits per heavy atom. The minimum Gasteiger partial charge on any atom is -0.495 e. The molecular weight excluding hydrogens is 285 g/mol. The third-order valence-electron chi connectivity index (χ3n) is 2.47. The van der Waals surface area contributed by atoms with Crippen molar-refractivity contribution in [1.82, 2.24) is 4.98 Å². The van der Waals surface area contributed by atoms with Crippen molar-refractivity contribution in [2.75, 3.05) is 17.6 Å². The van der Waals surface area contributed by atoms with E-state index in [1.807, 2.05) is 0 Å². The highest BCUT2D eigenvalue weighted by Gasteiger charge is 2.17. The van der Waals surface area contributed by atoms with Crippen molar-refractivity contribution < 1.29 is 17.5 Å². The molecule has 2 aromatic rings. The van der Waals surface area contributed by atoms with Gasteiger partial charge in [0.2, 0.25) is 5.95 Å². The van der Waals surface area contributed by atoms with Crippen molar-refractivity contribution in [1.29, 1.82) is 0 Å². The number of pyridine rings is 1. The van der Waals surface area contributed by atoms with Gasteiger partial charge in [0, 0.05) is 6.07 Å². The number of aromatic nitrogens is 1. The number of nitrogens with two attached hydrogens (primary N) is 1. The summed E-state index contributed by atoms with van der Waals surface area (Å²) in [6, 6.07) is 7.81. The molecular formula is C12H12FN3O3S. The Balaban J connectivity index is 2.35. The maximum Gasteiger partial charge on any atom is 0.263 e. The number of benzene rings is 1. The Kier molecular flexibility index (Phi) is 3.75. The molecule has 106 valence electrons. The normalized spacial score (nSPS) is 11.1. The standard InChI is InChI=1S/C12H12FN3O3S/c1-19-10-7-8(5-6-9(10)14)20(17,18)16-12-4-2-3-11(13)15-12/h2-7H,14H2,1H3,(H,15,16). The summed E-state index contributed by atoms with van der Waals surface area (Å²) in [5, 5.41) is 0. The molecule has 1 aromatic carbocycles. The van der Waals surface area contributed by atoms with Gasteiger partial charge in [0.15, 0.2) is 0 Å². The Hall–Kier alpha value is -2.35. The zero-order valence-electron chi connectivity index (χ0n) is 10.5. The fraction of sp³-hybridized carbons (Fsp3) is 0.0833. The number of ether oxygens (including phenoxy) is 1. The number of hydrogen-bond donors (Lipinski definition) is 2. The molecule has 8 heteroatoms. The van der Waals surface area contributed by atoms with Gasteiger partial charge < -0.3 is 10.5 Å². The molecule has 0 spiro atoms. The van der Waals surface area contributed by atoms with Crippen LogP contribution in [0.25, 0.3) is 0 Å². The molecule has 0 aliphatic rings. The highest BCUT2D eigenvalue weighted by Crippen LogP contribution is 2.25. The second-order valence-electron chi connectivity index (χ2n) is 3.85. The molecule has 0 radical (unpaired) electrons. The summed E-state index contributed by atoms with van der Waals surface area (Å²) < 4.78 is 44.3. The van der Waals surface area contributed by atoms with Crippen LogP contribution < -0.4 is 15.2 Å². The summed E-state index contributed by atoms with van der Waals surface area (Å²) in [7, 11) is -2.52. The van der Waals surface area contributed by atoms with Gasteiger partial charge in [0.05, 0.1) is 17.7 Å². The van der Waals surface area contributed by atoms with Gasteiger partial charge >= 0.3 is 0 Å². The minimum absolute atomic E-state index is 0.0605. The molecule has 3 N–H and O–H groups in total. The van der Waals surface area contributed by atoms with Crippen LogP contribution in [-0.2, 0) is 10.0 Å². The van der Waals surface area contributed by atoms with E-state index in [9.17, 15) is 12.8 Å². The smallest absolute Gasteiger partial charge is 0.263 e. The quantitative estimate of drug-likeness (QED) is 0.660. The van der Waals surface area contributed by atoms with E-state index in [2.05, 4.69) is 9.71 Å². The average Bonchev–Trinajstić information content (AvgIpc) is 2.38. The van der Waals surface area contributed by atoms with Crippen molar-refractivity contribution >= 4 is 21.5 Å². The van der Waals surface area contributed by atoms with Gasteiger partial charge in [-0.05, 0) is 24.3 Å². The summed E-state index contributed by atoms with van der Waals surface area (Å²) in [4.78, 5) is 3.37. The molecule has 0 atom stereocenters. The summed E-state index contributed by atoms with van der Waals surface area (Å²) in [5.74, 6) is -0.652. The number of rotatable bonds is 4. The lowest BCUT2D eigenvalue weighted by Gasteiger charge is -2.10. The van der Waals surface area contributed by atoms with Crippen molar-refractivity contribution in [2.45, 2.75) is 4.90 Å². The van der Waals surface area contributed by atoms with Crippen molar-refractivity contribution in [3.05, 3.63) is 42.3 Å². The third kappa shape index (κ3) is 2.97. The second kappa shape index (κ2) is 5.33. The van der Waals surface area contributed by atoms with Crippen molar-refractivity contribution in [2.24, 2.45) is 0 Å². The van der Waals surface area contributed by atoms with Gasteiger partial charge in [-0.2, -0.15) is 4.39 Å². The van der Waals surface area contributed by atoms with Crippen LogP contribution in [-0.4, -0.2) is 20.5 Å². The van der Waals surface area contributed by atoms with Crippen LogP contribution in [0, 0.1) is 5.95 Å². The van der Waals surface area contributed by atoms with E-state index < -0.39 is 16.0 Å². The van der Waals surface area contributed by atoms with E-state index in [0.29, 0.717) is 5.69 Å². The molecule has 0 unspecified atom stereocenters. The lowest BCUT2D eigenvalue weighted by atomic mass is 10.3. The predicted molar refractivity (Wildman–Crippen MR) is 72.4 cm³/mol. The van der Waals surface area contributed by atoms with Crippen LogP contribution in [0.5, 0.6) is 5.75 Å². The first kappa shape index (κ1) is 14.1. The molecule has 20 heavy (non-hydrogen) atoms. The first-order valence-electron chi connectivity index (χ1n) is 5.51. The van der Waals surface area contributed by atoms with Crippen LogP contribution in [0.2, 0.25) is 0 Å². The maximum absolute atomic E-state index is 12.9. The summed E-state index contributed by atoms with van der Waals surface area (Å²) in [5.41, 5.74) is 5.93. The number of halogens is 1. The molecule has 0 aliphatic heterocycles. The second-order valence-corrected chi connectivity index (χ2v) is 5.54. The van der Waals surface area contributed by atoms with Crippen LogP contribution in [0.3, 0.4) is 0 Å². The van der Waals surface area contributed by atoms with Gasteiger partial charge in [-0.3, -0.25) is 4.72 Å². The Morgan fingerprint density at radius 1 is 1.30 bits per heavy atom. The SMILES string of the molecule is COc1cc(S(=O)(=O)Nc2cccc(F)n2)ccc1N. The van der Waals surface area contributed by atoms with E-state index in [1.54, 1.807) is 0 Å². The van der Waals surface area contributed by atoms with E-state index in [-0.39, 0.29) is 16.5 Å². The Morgan fingerprint density at radius 3 is 2.70 bits per heavy atom. The number of sulfonamides is 1. The Bertz CT molecular complexity index is 734. The molecule has 2 rings (SSSR count). The molecule has 0 amide bonds. The maximum atomic E-state index is 12.9. The Labute approximate surface area is 115 Å². The zero-order valence-corrected chi connectivity index (χ0v) is 11.3. The molecule has 0 saturated heterocycles. The van der Waals surface area contributed by atoms with E-state index in [0.717, 1.165) is 6.07 Å². The fourth-order valence-corrected chi connectivity index (χ4v) is 2.54. The molecule has 0 aliphatic carbocycles. The molecule has 0 fully saturated rings. The van der Waals surface area contributed by atoms with Gasteiger partial charge in [0.25, 0.3) is 10.0 Å². The number of methoxy groups -OCH3 is 1. The minimum atomic E-state index is -3.89. The largest absolute Gasteiger partial charge is 0.495 e. The van der Waals surface area contributed by atoms with E-state index in [4.69, 9.17) is 10.5 Å². The van der Waals surface area contributed by atoms with E-state index in [1.165, 1.54) is 37.4 Å². The van der Waals surface area contributed by atoms with Crippen LogP contribution in [0.4, 0.5) is 15.9 Å². The van der Waals surface area contributed by atoms with Gasteiger partial charge in [0.1, 0.15) is 11.6 Å². The monoisotopic (exact) mass is 297 g/mol. The summed E-state index contributed by atoms with van der Waals surface area (Å²) in [6.07, 6.45) is 0. The van der Waals surface area contributed by atoms with Gasteiger partial charge in [-0.15, -0.1) is 0 Å². The average molecular weight is 297 g/mol. The highest BCUT2D eigenvalue weighted by atomic mass is 32.2. The molecule has 1 aromatic heterocycles. The number of nitrogens with zero attached hydrogens (tertiary/aromatic N) is 1. The highest BCUT2D eigenvalue weighted by molar-refractivity contribution is 7.92. The van der Waals surface area contributed by atoms with Gasteiger partial charge in [-0.1, -0.05) is 6.07 Å². The van der Waals surface area contributed by atoms with Crippen LogP contribution in [0.15, 0.2) is 41.3 Å². The van der Waals surface area contributed by atoms with Crippen LogP contribution in [0.1, 0.15) is 0 Å². The van der Waals surface area contributed by atoms with Gasteiger partial charge in [-0.25, -0.2) is 13.4 Å². The topological polar surface area (TPSA) is 94.3 Å². The lowest BCUT2D eigenvalue weighted by molar-refractivity contribution is 0.415. The molecule has 1 heterocycles. The van der Waals surface area contributed by atoms with Crippen LogP contribution >= 0.6 is 0 Å². The molecule has 6 nitrogen and oxygen atoms in total. The first-order valence-corrected chi connectivity index (χ1v) is 6.99. The van der Waals surface area contributed by atoms with Crippen molar-refractivity contribution in [3.63, 3.8) is 0 Å². The fourth-order valence-electron chi connectivity index (χ4n) is 1.52. The number of nitrogen functional groups attached to an aromatic ring is 1. The summed E-state index contributed by atoms with van der Waals surface area (Å²) >= 11 is 0. The molecule has 0 saturated carbocycles. The number of anilines is 2. The number of nitrogens with one attached hydrogen (secondary N) is 1. The lowest BCUT2D eigenvalue weighted by Crippen LogP contribution is -2.14. The van der Waals surface area contributed by atoms with E-state index >= 15 is 0 Å². The third-order valence-corrected chi connectivity index (χ3v) is 3.82. The number of hydrogen-bond acceptors (Lipinski definition) is 5. The summed E-state index contributed by atoms with van der Waals surface area (Å²) in [6.45, 7) is 0.